The van der Waals surface area contributed by atoms with Gasteiger partial charge in [0.25, 0.3) is 11.2 Å². The number of rotatable bonds is 6. The largest absolute Gasteiger partial charge is 0.325 e. The Balaban J connectivity index is 1.28. The molecule has 0 aliphatic carbocycles. The van der Waals surface area contributed by atoms with Crippen molar-refractivity contribution in [1.29, 1.82) is 0 Å². The van der Waals surface area contributed by atoms with Crippen LogP contribution in [0.4, 0.5) is 11.4 Å². The molecular weight excluding hydrogens is 420 g/mol. The summed E-state index contributed by atoms with van der Waals surface area (Å²) in [6, 6.07) is 5.96. The number of carbonyl (C=O) groups is 1. The molecule has 0 unspecified atom stereocenters. The molecule has 1 amide bonds. The summed E-state index contributed by atoms with van der Waals surface area (Å²) in [4.78, 5) is 44.5. The lowest BCUT2D eigenvalue weighted by Crippen LogP contribution is -2.48. The highest BCUT2D eigenvalue weighted by Gasteiger charge is 2.20. The molecule has 1 saturated heterocycles. The second-order valence-electron chi connectivity index (χ2n) is 7.50. The predicted molar refractivity (Wildman–Crippen MR) is 118 cm³/mol. The molecule has 0 radical (unpaired) electrons. The molecule has 1 aliphatic heterocycles. The van der Waals surface area contributed by atoms with Gasteiger partial charge in [-0.2, -0.15) is 0 Å². The number of amides is 1. The number of nitrogens with zero attached hydrogens (tertiary/aromatic N) is 5. The molecule has 0 spiro atoms. The van der Waals surface area contributed by atoms with E-state index in [1.807, 2.05) is 5.38 Å². The summed E-state index contributed by atoms with van der Waals surface area (Å²) in [5.41, 5.74) is 1.92. The summed E-state index contributed by atoms with van der Waals surface area (Å²) in [6.45, 7) is 5.59. The molecule has 162 valence electrons. The summed E-state index contributed by atoms with van der Waals surface area (Å²) in [5, 5.41) is 15.5. The van der Waals surface area contributed by atoms with Crippen LogP contribution >= 0.6 is 11.3 Å². The van der Waals surface area contributed by atoms with Crippen LogP contribution in [0.1, 0.15) is 11.3 Å². The van der Waals surface area contributed by atoms with Crippen LogP contribution in [0.3, 0.4) is 0 Å². The van der Waals surface area contributed by atoms with Gasteiger partial charge in [0.2, 0.25) is 5.91 Å². The van der Waals surface area contributed by atoms with Crippen LogP contribution in [-0.4, -0.2) is 62.7 Å². The van der Waals surface area contributed by atoms with Crippen LogP contribution in [0.5, 0.6) is 0 Å². The third-order valence-corrected chi connectivity index (χ3v) is 6.03. The fourth-order valence-electron chi connectivity index (χ4n) is 3.60. The Kier molecular flexibility index (Phi) is 6.07. The van der Waals surface area contributed by atoms with E-state index in [-0.39, 0.29) is 23.7 Å². The molecule has 0 saturated carbocycles. The number of nitro benzene ring substituents is 1. The van der Waals surface area contributed by atoms with E-state index in [4.69, 9.17) is 0 Å². The first-order valence-electron chi connectivity index (χ1n) is 9.84. The zero-order valence-corrected chi connectivity index (χ0v) is 17.8. The number of benzene rings is 1. The van der Waals surface area contributed by atoms with Gasteiger partial charge in [-0.3, -0.25) is 33.9 Å². The molecule has 1 aromatic carbocycles. The number of nitrogens with one attached hydrogen (secondary N) is 1. The lowest BCUT2D eigenvalue weighted by molar-refractivity contribution is -0.384. The highest BCUT2D eigenvalue weighted by atomic mass is 32.1. The van der Waals surface area contributed by atoms with Crippen LogP contribution in [0, 0.1) is 17.0 Å². The number of piperazine rings is 1. The summed E-state index contributed by atoms with van der Waals surface area (Å²) >= 11 is 1.44. The Morgan fingerprint density at radius 1 is 1.23 bits per heavy atom. The number of fused-ring (bicyclic) bond motifs is 1. The van der Waals surface area contributed by atoms with Crippen molar-refractivity contribution >= 4 is 33.6 Å². The molecule has 1 fully saturated rings. The maximum atomic E-state index is 12.4. The highest BCUT2D eigenvalue weighted by Crippen LogP contribution is 2.21. The van der Waals surface area contributed by atoms with Gasteiger partial charge in [-0.05, 0) is 18.6 Å². The van der Waals surface area contributed by atoms with Gasteiger partial charge in [-0.15, -0.1) is 11.3 Å². The van der Waals surface area contributed by atoms with Crippen LogP contribution in [0.15, 0.2) is 40.6 Å². The van der Waals surface area contributed by atoms with Crippen molar-refractivity contribution in [3.63, 3.8) is 0 Å². The van der Waals surface area contributed by atoms with E-state index < -0.39 is 4.92 Å². The standard InChI is InChI=1S/C20H22N6O4S/c1-14-10-16(26(29)30)2-3-17(14)22-18(27)13-24-6-4-23(5-7-24)12-15-11-19(28)25-8-9-31-20(25)21-15/h2-3,8-11H,4-7,12-13H2,1H3,(H,22,27). The number of non-ortho nitro benzene ring substituents is 1. The quantitative estimate of drug-likeness (QED) is 0.457. The number of nitro groups is 1. The van der Waals surface area contributed by atoms with Crippen molar-refractivity contribution in [2.24, 2.45) is 0 Å². The molecule has 1 aliphatic rings. The minimum absolute atomic E-state index is 0.00188. The van der Waals surface area contributed by atoms with Gasteiger partial charge in [-0.25, -0.2) is 4.98 Å². The minimum atomic E-state index is -0.456. The van der Waals surface area contributed by atoms with Gasteiger partial charge >= 0.3 is 0 Å². The second kappa shape index (κ2) is 8.92. The third-order valence-electron chi connectivity index (χ3n) is 5.27. The lowest BCUT2D eigenvalue weighted by Gasteiger charge is -2.34. The van der Waals surface area contributed by atoms with E-state index in [0.717, 1.165) is 31.9 Å². The first-order chi connectivity index (χ1) is 14.9. The number of hydrogen-bond donors (Lipinski definition) is 1. The van der Waals surface area contributed by atoms with Crippen molar-refractivity contribution in [3.8, 4) is 0 Å². The summed E-state index contributed by atoms with van der Waals surface area (Å²) in [5.74, 6) is -0.150. The van der Waals surface area contributed by atoms with Crippen LogP contribution in [0.25, 0.3) is 4.96 Å². The van der Waals surface area contributed by atoms with E-state index >= 15 is 0 Å². The molecule has 0 bridgehead atoms. The molecule has 10 nitrogen and oxygen atoms in total. The average molecular weight is 443 g/mol. The van der Waals surface area contributed by atoms with Gasteiger partial charge < -0.3 is 5.32 Å². The van der Waals surface area contributed by atoms with Gasteiger partial charge in [0.1, 0.15) is 0 Å². The number of aryl methyl sites for hydroxylation is 1. The monoisotopic (exact) mass is 442 g/mol. The second-order valence-corrected chi connectivity index (χ2v) is 8.37. The summed E-state index contributed by atoms with van der Waals surface area (Å²) in [6.07, 6.45) is 1.72. The SMILES string of the molecule is Cc1cc([N+](=O)[O-])ccc1NC(=O)CN1CCN(Cc2cc(=O)n3ccsc3n2)CC1. The average Bonchev–Trinajstić information content (AvgIpc) is 3.20. The zero-order chi connectivity index (χ0) is 22.0. The topological polar surface area (TPSA) is 113 Å². The molecule has 0 atom stereocenters. The van der Waals surface area contributed by atoms with Crippen molar-refractivity contribution in [1.82, 2.24) is 19.2 Å². The van der Waals surface area contributed by atoms with Gasteiger partial charge in [0.05, 0.1) is 17.2 Å². The van der Waals surface area contributed by atoms with Crippen molar-refractivity contribution in [2.45, 2.75) is 13.5 Å². The molecular formula is C20H22N6O4S. The number of hydrogen-bond acceptors (Lipinski definition) is 8. The lowest BCUT2D eigenvalue weighted by atomic mass is 10.2. The Bertz CT molecular complexity index is 1180. The van der Waals surface area contributed by atoms with Crippen LogP contribution < -0.4 is 10.9 Å². The molecule has 4 rings (SSSR count). The molecule has 3 aromatic rings. The van der Waals surface area contributed by atoms with E-state index in [9.17, 15) is 19.7 Å². The summed E-state index contributed by atoms with van der Waals surface area (Å²) in [7, 11) is 0. The van der Waals surface area contributed by atoms with E-state index in [2.05, 4.69) is 20.1 Å². The highest BCUT2D eigenvalue weighted by molar-refractivity contribution is 7.15. The summed E-state index contributed by atoms with van der Waals surface area (Å²) < 4.78 is 1.54. The number of anilines is 1. The third kappa shape index (κ3) is 4.95. The minimum Gasteiger partial charge on any atom is -0.325 e. The molecule has 2 aromatic heterocycles. The van der Waals surface area contributed by atoms with Crippen molar-refractivity contribution in [2.75, 3.05) is 38.0 Å². The van der Waals surface area contributed by atoms with E-state index in [1.54, 1.807) is 25.3 Å². The Hall–Kier alpha value is -3.15. The fraction of sp³-hybridized carbons (Fsp3) is 0.350. The predicted octanol–water partition coefficient (Wildman–Crippen LogP) is 1.73. The van der Waals surface area contributed by atoms with E-state index in [0.29, 0.717) is 22.8 Å². The molecule has 31 heavy (non-hydrogen) atoms. The van der Waals surface area contributed by atoms with Crippen LogP contribution in [0.2, 0.25) is 0 Å². The Labute approximate surface area is 181 Å². The zero-order valence-electron chi connectivity index (χ0n) is 17.0. The molecule has 3 heterocycles. The van der Waals surface area contributed by atoms with Gasteiger partial charge in [0, 0.05) is 68.2 Å². The van der Waals surface area contributed by atoms with Crippen molar-refractivity contribution in [3.05, 3.63) is 67.6 Å². The maximum Gasteiger partial charge on any atom is 0.269 e. The molecule has 1 N–H and O–H groups in total. The van der Waals surface area contributed by atoms with Crippen LogP contribution in [-0.2, 0) is 11.3 Å². The maximum absolute atomic E-state index is 12.4. The Morgan fingerprint density at radius 2 is 1.97 bits per heavy atom. The van der Waals surface area contributed by atoms with Gasteiger partial charge in [0.15, 0.2) is 4.96 Å². The van der Waals surface area contributed by atoms with E-state index in [1.165, 1.54) is 27.9 Å². The molecule has 11 heteroatoms. The fourth-order valence-corrected chi connectivity index (χ4v) is 4.34. The number of aromatic nitrogens is 2. The normalized spacial score (nSPS) is 15.3. The smallest absolute Gasteiger partial charge is 0.269 e. The Morgan fingerprint density at radius 3 is 2.68 bits per heavy atom. The first kappa shape index (κ1) is 21.1. The van der Waals surface area contributed by atoms with Crippen molar-refractivity contribution < 1.29 is 9.72 Å². The number of thiazole rings is 1. The van der Waals surface area contributed by atoms with Gasteiger partial charge in [-0.1, -0.05) is 0 Å². The first-order valence-corrected chi connectivity index (χ1v) is 10.7. The number of carbonyl (C=O) groups excluding carboxylic acids is 1.